The highest BCUT2D eigenvalue weighted by molar-refractivity contribution is 6.03. The summed E-state index contributed by atoms with van der Waals surface area (Å²) >= 11 is 0. The lowest BCUT2D eigenvalue weighted by atomic mass is 9.93. The van der Waals surface area contributed by atoms with Crippen molar-refractivity contribution in [1.29, 1.82) is 0 Å². The molecule has 0 aliphatic heterocycles. The summed E-state index contributed by atoms with van der Waals surface area (Å²) in [5.41, 5.74) is 1.11. The molecule has 4 aromatic rings. The molecular weight excluding hydrogens is 479 g/mol. The van der Waals surface area contributed by atoms with Crippen LogP contribution in [0.3, 0.4) is 0 Å². The van der Waals surface area contributed by atoms with Gasteiger partial charge in [-0.05, 0) is 24.3 Å². The summed E-state index contributed by atoms with van der Waals surface area (Å²) in [5, 5.41) is 23.1. The fraction of sp³-hybridized carbons (Fsp3) is 0.280. The van der Waals surface area contributed by atoms with Gasteiger partial charge in [0.15, 0.2) is 5.82 Å². The fourth-order valence-electron chi connectivity index (χ4n) is 3.43. The van der Waals surface area contributed by atoms with Gasteiger partial charge in [0.2, 0.25) is 0 Å². The number of anilines is 3. The van der Waals surface area contributed by atoms with Gasteiger partial charge in [-0.25, -0.2) is 14.1 Å². The van der Waals surface area contributed by atoms with Gasteiger partial charge in [-0.3, -0.25) is 19.3 Å². The molecule has 0 spiro atoms. The zero-order valence-electron chi connectivity index (χ0n) is 20.9. The molecule has 0 aliphatic rings. The average Bonchev–Trinajstić information content (AvgIpc) is 3.30. The first kappa shape index (κ1) is 25.6. The van der Waals surface area contributed by atoms with Gasteiger partial charge >= 0.3 is 0 Å². The lowest BCUT2D eigenvalue weighted by Crippen LogP contribution is -2.22. The van der Waals surface area contributed by atoms with Crippen LogP contribution in [0, 0.1) is 5.82 Å². The fourth-order valence-corrected chi connectivity index (χ4v) is 3.43. The SMILES string of the molecule is Cn1nc(-c2ccc(F)c(NC(=O)c3cnc(C(C)(C)C)cn3)c2)cc(Nc2ccn(CCO)n2)c1=O. The van der Waals surface area contributed by atoms with E-state index in [0.717, 1.165) is 10.4 Å². The Balaban J connectivity index is 1.60. The lowest BCUT2D eigenvalue weighted by Gasteiger charge is -2.16. The lowest BCUT2D eigenvalue weighted by molar-refractivity contribution is 0.102. The number of carbonyl (C=O) groups excluding carboxylic acids is 1. The molecule has 37 heavy (non-hydrogen) atoms. The molecular formula is C25H27FN8O3. The second kappa shape index (κ2) is 10.3. The number of halogens is 1. The molecule has 11 nitrogen and oxygen atoms in total. The first-order chi connectivity index (χ1) is 17.5. The van der Waals surface area contributed by atoms with Crippen molar-refractivity contribution in [3.05, 3.63) is 76.5 Å². The van der Waals surface area contributed by atoms with Gasteiger partial charge < -0.3 is 15.7 Å². The molecule has 0 bridgehead atoms. The molecule has 3 heterocycles. The summed E-state index contributed by atoms with van der Waals surface area (Å²) in [4.78, 5) is 33.8. The second-order valence-electron chi connectivity index (χ2n) is 9.37. The molecule has 1 aromatic carbocycles. The zero-order valence-corrected chi connectivity index (χ0v) is 20.9. The molecule has 0 radical (unpaired) electrons. The van der Waals surface area contributed by atoms with Crippen LogP contribution in [0.2, 0.25) is 0 Å². The van der Waals surface area contributed by atoms with Crippen LogP contribution in [0.5, 0.6) is 0 Å². The normalized spacial score (nSPS) is 11.4. The van der Waals surface area contributed by atoms with Gasteiger partial charge in [0.05, 0.1) is 36.4 Å². The van der Waals surface area contributed by atoms with E-state index in [1.54, 1.807) is 12.3 Å². The molecule has 0 unspecified atom stereocenters. The zero-order chi connectivity index (χ0) is 26.7. The van der Waals surface area contributed by atoms with Crippen LogP contribution in [0.4, 0.5) is 21.6 Å². The standard InChI is InChI=1S/C25H27FN8O3/c1-25(2,3)21-14-27-20(13-28-21)23(36)30-18-11-15(5-6-16(18)26)17-12-19(24(37)33(4)31-17)29-22-7-8-34(32-22)9-10-35/h5-8,11-14,35H,9-10H2,1-4H3,(H,29,32)(H,30,36). The third-order valence-corrected chi connectivity index (χ3v) is 5.46. The number of amides is 1. The van der Waals surface area contributed by atoms with E-state index in [4.69, 9.17) is 5.11 Å². The minimum absolute atomic E-state index is 0.0464. The molecule has 1 amide bonds. The number of hydrogen-bond donors (Lipinski definition) is 3. The maximum absolute atomic E-state index is 14.6. The Kier molecular flexibility index (Phi) is 7.11. The third kappa shape index (κ3) is 5.86. The number of hydrogen-bond acceptors (Lipinski definition) is 8. The van der Waals surface area contributed by atoms with E-state index in [-0.39, 0.29) is 29.1 Å². The number of nitrogens with zero attached hydrogens (tertiary/aromatic N) is 6. The molecule has 192 valence electrons. The molecule has 3 N–H and O–H groups in total. The maximum atomic E-state index is 14.6. The van der Waals surface area contributed by atoms with Crippen molar-refractivity contribution in [2.45, 2.75) is 32.7 Å². The highest BCUT2D eigenvalue weighted by Crippen LogP contribution is 2.26. The van der Waals surface area contributed by atoms with Crippen molar-refractivity contribution in [3.8, 4) is 11.3 Å². The molecule has 0 atom stereocenters. The molecule has 12 heteroatoms. The van der Waals surface area contributed by atoms with Gasteiger partial charge in [0.25, 0.3) is 11.5 Å². The van der Waals surface area contributed by atoms with Gasteiger partial charge in [-0.1, -0.05) is 20.8 Å². The van der Waals surface area contributed by atoms with Gasteiger partial charge in [0, 0.05) is 36.5 Å². The second-order valence-corrected chi connectivity index (χ2v) is 9.37. The van der Waals surface area contributed by atoms with Crippen LogP contribution in [0.1, 0.15) is 37.0 Å². The number of benzene rings is 1. The summed E-state index contributed by atoms with van der Waals surface area (Å²) in [5.74, 6) is -0.847. The number of aliphatic hydroxyl groups excluding tert-OH is 1. The van der Waals surface area contributed by atoms with E-state index < -0.39 is 17.3 Å². The highest BCUT2D eigenvalue weighted by Gasteiger charge is 2.18. The Morgan fingerprint density at radius 1 is 1.08 bits per heavy atom. The molecule has 3 aromatic heterocycles. The predicted molar refractivity (Wildman–Crippen MR) is 136 cm³/mol. The van der Waals surface area contributed by atoms with Crippen LogP contribution >= 0.6 is 0 Å². The first-order valence-electron chi connectivity index (χ1n) is 11.5. The van der Waals surface area contributed by atoms with E-state index in [2.05, 4.69) is 30.8 Å². The number of aromatic nitrogens is 6. The van der Waals surface area contributed by atoms with Crippen molar-refractivity contribution in [1.82, 2.24) is 29.5 Å². The average molecular weight is 507 g/mol. The summed E-state index contributed by atoms with van der Waals surface area (Å²) < 4.78 is 17.3. The van der Waals surface area contributed by atoms with Crippen LogP contribution in [0.15, 0.2) is 53.7 Å². The monoisotopic (exact) mass is 506 g/mol. The molecule has 0 saturated carbocycles. The molecule has 4 rings (SSSR count). The Morgan fingerprint density at radius 2 is 1.86 bits per heavy atom. The summed E-state index contributed by atoms with van der Waals surface area (Å²) in [6, 6.07) is 7.31. The Labute approximate surface area is 212 Å². The summed E-state index contributed by atoms with van der Waals surface area (Å²) in [7, 11) is 1.49. The number of aliphatic hydroxyl groups is 1. The van der Waals surface area contributed by atoms with Crippen molar-refractivity contribution >= 4 is 23.1 Å². The van der Waals surface area contributed by atoms with Crippen molar-refractivity contribution < 1.29 is 14.3 Å². The molecule has 0 aliphatic carbocycles. The van der Waals surface area contributed by atoms with Crippen LogP contribution in [-0.4, -0.2) is 47.1 Å². The van der Waals surface area contributed by atoms with Gasteiger partial charge in [-0.2, -0.15) is 10.2 Å². The summed E-state index contributed by atoms with van der Waals surface area (Å²) in [6.07, 6.45) is 4.55. The largest absolute Gasteiger partial charge is 0.394 e. The van der Waals surface area contributed by atoms with Crippen molar-refractivity contribution in [2.75, 3.05) is 17.2 Å². The van der Waals surface area contributed by atoms with Crippen molar-refractivity contribution in [3.63, 3.8) is 0 Å². The number of rotatable bonds is 7. The molecule has 0 fully saturated rings. The third-order valence-electron chi connectivity index (χ3n) is 5.46. The van der Waals surface area contributed by atoms with Crippen LogP contribution < -0.4 is 16.2 Å². The number of nitrogens with one attached hydrogen (secondary N) is 2. The predicted octanol–water partition coefficient (Wildman–Crippen LogP) is 2.86. The number of aryl methyl sites for hydroxylation is 1. The highest BCUT2D eigenvalue weighted by atomic mass is 19.1. The van der Waals surface area contributed by atoms with E-state index in [0.29, 0.717) is 23.6 Å². The minimum Gasteiger partial charge on any atom is -0.394 e. The maximum Gasteiger partial charge on any atom is 0.290 e. The van der Waals surface area contributed by atoms with E-state index in [9.17, 15) is 14.0 Å². The number of carbonyl (C=O) groups is 1. The van der Waals surface area contributed by atoms with Gasteiger partial charge in [-0.15, -0.1) is 0 Å². The van der Waals surface area contributed by atoms with Crippen LogP contribution in [0.25, 0.3) is 11.3 Å². The first-order valence-corrected chi connectivity index (χ1v) is 11.5. The topological polar surface area (TPSA) is 140 Å². The molecule has 0 saturated heterocycles. The Hall–Kier alpha value is -4.45. The smallest absolute Gasteiger partial charge is 0.290 e. The van der Waals surface area contributed by atoms with E-state index in [1.165, 1.54) is 48.4 Å². The van der Waals surface area contributed by atoms with E-state index >= 15 is 0 Å². The van der Waals surface area contributed by atoms with Crippen molar-refractivity contribution in [2.24, 2.45) is 7.05 Å². The minimum atomic E-state index is -0.644. The van der Waals surface area contributed by atoms with E-state index in [1.807, 2.05) is 20.8 Å². The summed E-state index contributed by atoms with van der Waals surface area (Å²) in [6.45, 7) is 6.19. The van der Waals surface area contributed by atoms with Crippen LogP contribution in [-0.2, 0) is 19.0 Å². The Morgan fingerprint density at radius 3 is 2.54 bits per heavy atom. The Bertz CT molecular complexity index is 1490. The quantitative estimate of drug-likeness (QED) is 0.348. The van der Waals surface area contributed by atoms with Gasteiger partial charge in [0.1, 0.15) is 17.2 Å².